The molecule has 0 radical (unpaired) electrons. The number of carbonyl (C=O) groups is 1. The van der Waals surface area contributed by atoms with E-state index in [0.29, 0.717) is 18.6 Å². The highest BCUT2D eigenvalue weighted by atomic mass is 16.5. The van der Waals surface area contributed by atoms with Gasteiger partial charge in [0, 0.05) is 12.2 Å². The number of urea groups is 1. The maximum atomic E-state index is 11.9. The fourth-order valence-electron chi connectivity index (χ4n) is 3.46. The quantitative estimate of drug-likeness (QED) is 0.780. The van der Waals surface area contributed by atoms with E-state index in [1.807, 2.05) is 24.3 Å². The van der Waals surface area contributed by atoms with Crippen LogP contribution in [0.5, 0.6) is 5.75 Å². The van der Waals surface area contributed by atoms with Gasteiger partial charge in [0.15, 0.2) is 0 Å². The lowest BCUT2D eigenvalue weighted by atomic mass is 10.1. The molecular weight excluding hydrogens is 292 g/mol. The SMILES string of the molecule is O=C(NCC1CCC(O)C1)Nc1ccc(OC2CCCC2)cc1. The lowest BCUT2D eigenvalue weighted by Crippen LogP contribution is -2.32. The van der Waals surface area contributed by atoms with Crippen LogP contribution >= 0.6 is 0 Å². The average molecular weight is 318 g/mol. The fraction of sp³-hybridized carbons (Fsp3) is 0.611. The van der Waals surface area contributed by atoms with Crippen molar-refractivity contribution in [3.8, 4) is 5.75 Å². The van der Waals surface area contributed by atoms with E-state index in [0.717, 1.165) is 43.5 Å². The number of benzene rings is 1. The number of carbonyl (C=O) groups excluding carboxylic acids is 1. The van der Waals surface area contributed by atoms with Gasteiger partial charge >= 0.3 is 6.03 Å². The summed E-state index contributed by atoms with van der Waals surface area (Å²) in [5.74, 6) is 1.25. The number of aliphatic hydroxyl groups is 1. The van der Waals surface area contributed by atoms with Gasteiger partial charge in [0.2, 0.25) is 0 Å². The van der Waals surface area contributed by atoms with Crippen molar-refractivity contribution in [1.29, 1.82) is 0 Å². The first-order valence-corrected chi connectivity index (χ1v) is 8.68. The van der Waals surface area contributed by atoms with Gasteiger partial charge in [-0.25, -0.2) is 4.79 Å². The van der Waals surface area contributed by atoms with Crippen molar-refractivity contribution >= 4 is 11.7 Å². The van der Waals surface area contributed by atoms with Crippen molar-refractivity contribution in [2.75, 3.05) is 11.9 Å². The minimum atomic E-state index is -0.198. The number of amides is 2. The molecule has 1 aromatic rings. The summed E-state index contributed by atoms with van der Waals surface area (Å²) in [6.07, 6.45) is 7.54. The summed E-state index contributed by atoms with van der Waals surface area (Å²) in [6, 6.07) is 7.34. The molecule has 126 valence electrons. The van der Waals surface area contributed by atoms with E-state index in [-0.39, 0.29) is 12.1 Å². The number of ether oxygens (including phenoxy) is 1. The van der Waals surface area contributed by atoms with E-state index >= 15 is 0 Å². The molecule has 2 unspecified atom stereocenters. The molecule has 5 nitrogen and oxygen atoms in total. The number of nitrogens with one attached hydrogen (secondary N) is 2. The molecule has 0 aromatic heterocycles. The summed E-state index contributed by atoms with van der Waals surface area (Å²) >= 11 is 0. The lowest BCUT2D eigenvalue weighted by molar-refractivity contribution is 0.177. The molecule has 3 rings (SSSR count). The highest BCUT2D eigenvalue weighted by molar-refractivity contribution is 5.89. The normalized spacial score (nSPS) is 24.6. The molecule has 0 heterocycles. The summed E-state index contributed by atoms with van der Waals surface area (Å²) in [6.45, 7) is 0.617. The second-order valence-corrected chi connectivity index (χ2v) is 6.72. The number of hydrogen-bond acceptors (Lipinski definition) is 3. The first-order valence-electron chi connectivity index (χ1n) is 8.68. The molecule has 0 spiro atoms. The van der Waals surface area contributed by atoms with Crippen LogP contribution in [0, 0.1) is 5.92 Å². The Bertz CT molecular complexity index is 512. The van der Waals surface area contributed by atoms with E-state index < -0.39 is 0 Å². The first-order chi connectivity index (χ1) is 11.2. The minimum Gasteiger partial charge on any atom is -0.490 e. The van der Waals surface area contributed by atoms with Crippen LogP contribution < -0.4 is 15.4 Å². The Hall–Kier alpha value is -1.75. The highest BCUT2D eigenvalue weighted by Crippen LogP contribution is 2.25. The van der Waals surface area contributed by atoms with Crippen LogP contribution in [-0.4, -0.2) is 29.9 Å². The average Bonchev–Trinajstić information content (AvgIpc) is 3.19. The zero-order valence-electron chi connectivity index (χ0n) is 13.5. The van der Waals surface area contributed by atoms with E-state index in [4.69, 9.17) is 4.74 Å². The summed E-state index contributed by atoms with van der Waals surface area (Å²) in [5.41, 5.74) is 0.757. The van der Waals surface area contributed by atoms with Gasteiger partial charge in [-0.2, -0.15) is 0 Å². The molecular formula is C18H26N2O3. The summed E-state index contributed by atoms with van der Waals surface area (Å²) < 4.78 is 5.91. The fourth-order valence-corrected chi connectivity index (χ4v) is 3.46. The summed E-state index contributed by atoms with van der Waals surface area (Å²) in [5, 5.41) is 15.2. The Balaban J connectivity index is 1.41. The van der Waals surface area contributed by atoms with Crippen LogP contribution in [0.25, 0.3) is 0 Å². The zero-order valence-corrected chi connectivity index (χ0v) is 13.5. The molecule has 2 saturated carbocycles. The molecule has 5 heteroatoms. The third-order valence-electron chi connectivity index (χ3n) is 4.78. The van der Waals surface area contributed by atoms with Crippen LogP contribution in [-0.2, 0) is 0 Å². The van der Waals surface area contributed by atoms with Crippen LogP contribution in [0.3, 0.4) is 0 Å². The van der Waals surface area contributed by atoms with Crippen molar-refractivity contribution in [2.45, 2.75) is 57.2 Å². The predicted octanol–water partition coefficient (Wildman–Crippen LogP) is 3.29. The Labute approximate surface area is 137 Å². The first kappa shape index (κ1) is 16.1. The minimum absolute atomic E-state index is 0.197. The zero-order chi connectivity index (χ0) is 16.1. The molecule has 1 aromatic carbocycles. The van der Waals surface area contributed by atoms with Crippen LogP contribution in [0.2, 0.25) is 0 Å². The second kappa shape index (κ2) is 7.68. The molecule has 2 aliphatic rings. The van der Waals surface area contributed by atoms with E-state index in [1.165, 1.54) is 12.8 Å². The molecule has 0 saturated heterocycles. The third-order valence-corrected chi connectivity index (χ3v) is 4.78. The van der Waals surface area contributed by atoms with E-state index in [1.54, 1.807) is 0 Å². The maximum absolute atomic E-state index is 11.9. The molecule has 23 heavy (non-hydrogen) atoms. The van der Waals surface area contributed by atoms with Gasteiger partial charge in [-0.15, -0.1) is 0 Å². The molecule has 0 aliphatic heterocycles. The topological polar surface area (TPSA) is 70.6 Å². The number of hydrogen-bond donors (Lipinski definition) is 3. The number of rotatable bonds is 5. The Kier molecular flexibility index (Phi) is 5.39. The largest absolute Gasteiger partial charge is 0.490 e. The third kappa shape index (κ3) is 4.86. The Morgan fingerprint density at radius 1 is 1.13 bits per heavy atom. The lowest BCUT2D eigenvalue weighted by Gasteiger charge is -2.14. The van der Waals surface area contributed by atoms with E-state index in [9.17, 15) is 9.90 Å². The van der Waals surface area contributed by atoms with Gasteiger partial charge in [-0.3, -0.25) is 0 Å². The Morgan fingerprint density at radius 2 is 1.87 bits per heavy atom. The van der Waals surface area contributed by atoms with Gasteiger partial charge in [0.25, 0.3) is 0 Å². The molecule has 3 N–H and O–H groups in total. The van der Waals surface area contributed by atoms with Gasteiger partial charge in [-0.05, 0) is 75.1 Å². The van der Waals surface area contributed by atoms with Crippen LogP contribution in [0.4, 0.5) is 10.5 Å². The van der Waals surface area contributed by atoms with Gasteiger partial charge in [0.05, 0.1) is 12.2 Å². The molecule has 2 fully saturated rings. The van der Waals surface area contributed by atoms with Crippen molar-refractivity contribution in [3.05, 3.63) is 24.3 Å². The van der Waals surface area contributed by atoms with Gasteiger partial charge in [0.1, 0.15) is 5.75 Å². The van der Waals surface area contributed by atoms with Crippen molar-refractivity contribution in [1.82, 2.24) is 5.32 Å². The van der Waals surface area contributed by atoms with Crippen molar-refractivity contribution in [3.63, 3.8) is 0 Å². The smallest absolute Gasteiger partial charge is 0.319 e. The second-order valence-electron chi connectivity index (χ2n) is 6.72. The van der Waals surface area contributed by atoms with Crippen molar-refractivity contribution < 1.29 is 14.6 Å². The maximum Gasteiger partial charge on any atom is 0.319 e. The molecule has 0 bridgehead atoms. The molecule has 2 amide bonds. The van der Waals surface area contributed by atoms with Crippen molar-refractivity contribution in [2.24, 2.45) is 5.92 Å². The van der Waals surface area contributed by atoms with Crippen LogP contribution in [0.15, 0.2) is 24.3 Å². The van der Waals surface area contributed by atoms with Gasteiger partial charge < -0.3 is 20.5 Å². The molecule has 2 aliphatic carbocycles. The standard InChI is InChI=1S/C18H26N2O3/c21-15-8-5-13(11-15)12-19-18(22)20-14-6-9-17(10-7-14)23-16-3-1-2-4-16/h6-7,9-10,13,15-16,21H,1-5,8,11-12H2,(H2,19,20,22). The summed E-state index contributed by atoms with van der Waals surface area (Å²) in [4.78, 5) is 11.9. The van der Waals surface area contributed by atoms with E-state index in [2.05, 4.69) is 10.6 Å². The molecule has 2 atom stereocenters. The monoisotopic (exact) mass is 318 g/mol. The van der Waals surface area contributed by atoms with Gasteiger partial charge in [-0.1, -0.05) is 0 Å². The highest BCUT2D eigenvalue weighted by Gasteiger charge is 2.23. The summed E-state index contributed by atoms with van der Waals surface area (Å²) in [7, 11) is 0. The van der Waals surface area contributed by atoms with Crippen LogP contribution in [0.1, 0.15) is 44.9 Å². The number of anilines is 1. The number of aliphatic hydroxyl groups excluding tert-OH is 1. The Morgan fingerprint density at radius 3 is 2.52 bits per heavy atom. The predicted molar refractivity (Wildman–Crippen MR) is 89.7 cm³/mol.